The molecule has 5 rings (SSSR count). The van der Waals surface area contributed by atoms with Crippen molar-refractivity contribution in [3.63, 3.8) is 0 Å². The smallest absolute Gasteiger partial charge is 0.338 e. The molecule has 0 aliphatic carbocycles. The van der Waals surface area contributed by atoms with Crippen molar-refractivity contribution < 1.29 is 9.53 Å². The average Bonchev–Trinajstić information content (AvgIpc) is 3.17. The third-order valence-electron chi connectivity index (χ3n) is 5.27. The van der Waals surface area contributed by atoms with Gasteiger partial charge in [0.25, 0.3) is 0 Å². The fourth-order valence-corrected chi connectivity index (χ4v) is 3.75. The van der Waals surface area contributed by atoms with Crippen molar-refractivity contribution in [2.45, 2.75) is 0 Å². The maximum atomic E-state index is 13.6. The van der Waals surface area contributed by atoms with Crippen molar-refractivity contribution >= 4 is 22.6 Å². The summed E-state index contributed by atoms with van der Waals surface area (Å²) < 4.78 is 9.06. The lowest BCUT2D eigenvalue weighted by molar-refractivity contribution is -0.111. The average molecular weight is 448 g/mol. The molecule has 1 N–H and O–H groups in total. The zero-order valence-corrected chi connectivity index (χ0v) is 18.1. The van der Waals surface area contributed by atoms with Crippen molar-refractivity contribution in [1.82, 2.24) is 14.1 Å². The Morgan fingerprint density at radius 1 is 0.853 bits per heavy atom. The van der Waals surface area contributed by atoms with Gasteiger partial charge in [-0.25, -0.2) is 4.79 Å². The van der Waals surface area contributed by atoms with E-state index in [1.54, 1.807) is 45.8 Å². The van der Waals surface area contributed by atoms with E-state index in [1.165, 1.54) is 6.08 Å². The Morgan fingerprint density at radius 3 is 2.35 bits per heavy atom. The third-order valence-corrected chi connectivity index (χ3v) is 5.27. The monoisotopic (exact) mass is 448 g/mol. The first-order valence-electron chi connectivity index (χ1n) is 10.6. The first kappa shape index (κ1) is 21.0. The van der Waals surface area contributed by atoms with Crippen LogP contribution in [-0.2, 0) is 4.79 Å². The molecule has 34 heavy (non-hydrogen) atoms. The summed E-state index contributed by atoms with van der Waals surface area (Å²) in [6, 6.07) is 25.7. The number of amides is 1. The van der Waals surface area contributed by atoms with Gasteiger partial charge in [-0.3, -0.25) is 18.9 Å². The minimum Gasteiger partial charge on any atom is -0.457 e. The van der Waals surface area contributed by atoms with Gasteiger partial charge in [-0.15, -0.1) is 0 Å². The molecule has 0 aliphatic heterocycles. The Labute approximate surface area is 195 Å². The second-order valence-corrected chi connectivity index (χ2v) is 7.47. The number of anilines is 1. The number of ether oxygens (including phenoxy) is 1. The van der Waals surface area contributed by atoms with Gasteiger partial charge in [-0.05, 0) is 66.7 Å². The zero-order valence-electron chi connectivity index (χ0n) is 18.1. The van der Waals surface area contributed by atoms with Gasteiger partial charge in [0, 0.05) is 11.9 Å². The summed E-state index contributed by atoms with van der Waals surface area (Å²) in [5.41, 5.74) is 2.95. The number of pyridine rings is 1. The van der Waals surface area contributed by atoms with E-state index in [4.69, 9.17) is 4.74 Å². The number of fused-ring (bicyclic) bond motifs is 1. The molecule has 0 radical (unpaired) electrons. The molecule has 0 fully saturated rings. The van der Waals surface area contributed by atoms with Crippen molar-refractivity contribution in [2.75, 3.05) is 5.32 Å². The number of nitrogens with zero attached hydrogens (tertiary/aromatic N) is 3. The molecule has 1 amide bonds. The number of rotatable bonds is 6. The van der Waals surface area contributed by atoms with E-state index in [9.17, 15) is 9.59 Å². The summed E-state index contributed by atoms with van der Waals surface area (Å²) >= 11 is 0. The predicted molar refractivity (Wildman–Crippen MR) is 132 cm³/mol. The number of carbonyl (C=O) groups excluding carboxylic acids is 1. The maximum Gasteiger partial charge on any atom is 0.338 e. The van der Waals surface area contributed by atoms with E-state index in [2.05, 4.69) is 16.9 Å². The number of carbonyl (C=O) groups is 1. The van der Waals surface area contributed by atoms with Gasteiger partial charge in [0.05, 0.1) is 28.6 Å². The standard InChI is InChI=1S/C27H20N4O3/c1-2-26(32)29-19-7-6-8-21(17-19)31-24-15-16-28-18-25(24)30(27(31)33)20-11-13-23(14-12-20)34-22-9-4-3-5-10-22/h2-18H,1H2,(H,29,32). The molecule has 0 spiro atoms. The van der Waals surface area contributed by atoms with Gasteiger partial charge in [0.15, 0.2) is 0 Å². The largest absolute Gasteiger partial charge is 0.457 e. The zero-order chi connectivity index (χ0) is 23.5. The maximum absolute atomic E-state index is 13.6. The highest BCUT2D eigenvalue weighted by Crippen LogP contribution is 2.25. The Bertz CT molecular complexity index is 1550. The van der Waals surface area contributed by atoms with E-state index in [-0.39, 0.29) is 11.6 Å². The molecular weight excluding hydrogens is 428 g/mol. The Kier molecular flexibility index (Phi) is 5.50. The van der Waals surface area contributed by atoms with Crippen molar-refractivity contribution in [3.8, 4) is 22.9 Å². The first-order valence-corrected chi connectivity index (χ1v) is 10.6. The topological polar surface area (TPSA) is 78.2 Å². The van der Waals surface area contributed by atoms with Crippen LogP contribution in [-0.4, -0.2) is 20.0 Å². The third kappa shape index (κ3) is 3.98. The number of benzene rings is 3. The highest BCUT2D eigenvalue weighted by Gasteiger charge is 2.16. The first-order chi connectivity index (χ1) is 16.6. The SMILES string of the molecule is C=CC(=O)Nc1cccc(-n2c(=O)n(-c3ccc(Oc4ccccc4)cc3)c3cnccc32)c1. The summed E-state index contributed by atoms with van der Waals surface area (Å²) in [6.45, 7) is 3.47. The minimum atomic E-state index is -0.325. The molecule has 0 atom stereocenters. The Balaban J connectivity index is 1.57. The summed E-state index contributed by atoms with van der Waals surface area (Å²) in [5.74, 6) is 1.07. The fraction of sp³-hybridized carbons (Fsp3) is 0. The molecule has 5 aromatic rings. The second-order valence-electron chi connectivity index (χ2n) is 7.47. The fourth-order valence-electron chi connectivity index (χ4n) is 3.75. The van der Waals surface area contributed by atoms with Crippen LogP contribution >= 0.6 is 0 Å². The highest BCUT2D eigenvalue weighted by molar-refractivity contribution is 5.99. The lowest BCUT2D eigenvalue weighted by Crippen LogP contribution is -2.22. The molecule has 7 nitrogen and oxygen atoms in total. The molecule has 7 heteroatoms. The number of aromatic nitrogens is 3. The Morgan fingerprint density at radius 2 is 1.59 bits per heavy atom. The van der Waals surface area contributed by atoms with Crippen LogP contribution in [0.15, 0.2) is 115 Å². The molecule has 166 valence electrons. The van der Waals surface area contributed by atoms with Gasteiger partial charge in [0.1, 0.15) is 11.5 Å². The number of imidazole rings is 1. The summed E-state index contributed by atoms with van der Waals surface area (Å²) in [5, 5.41) is 2.73. The van der Waals surface area contributed by atoms with Crippen molar-refractivity contribution in [3.05, 3.63) is 120 Å². The van der Waals surface area contributed by atoms with Crippen molar-refractivity contribution in [1.29, 1.82) is 0 Å². The van der Waals surface area contributed by atoms with Gasteiger partial charge >= 0.3 is 5.69 Å². The summed E-state index contributed by atoms with van der Waals surface area (Å²) in [7, 11) is 0. The minimum absolute atomic E-state index is 0.257. The van der Waals surface area contributed by atoms with Gasteiger partial charge in [-0.2, -0.15) is 0 Å². The van der Waals surface area contributed by atoms with E-state index >= 15 is 0 Å². The number of para-hydroxylation sites is 1. The summed E-state index contributed by atoms with van der Waals surface area (Å²) in [6.07, 6.45) is 4.50. The molecule has 3 aromatic carbocycles. The van der Waals surface area contributed by atoms with Crippen molar-refractivity contribution in [2.24, 2.45) is 0 Å². The second kappa shape index (κ2) is 8.91. The van der Waals surface area contributed by atoms with E-state index in [1.807, 2.05) is 60.7 Å². The van der Waals surface area contributed by atoms with E-state index < -0.39 is 0 Å². The molecule has 0 aliphatic rings. The Hall–Kier alpha value is -4.91. The van der Waals surface area contributed by atoms with Crippen LogP contribution < -0.4 is 15.7 Å². The molecule has 0 unspecified atom stereocenters. The molecular formula is C27H20N4O3. The molecule has 2 aromatic heterocycles. The quantitative estimate of drug-likeness (QED) is 0.367. The van der Waals surface area contributed by atoms with Crippen LogP contribution in [0, 0.1) is 0 Å². The van der Waals surface area contributed by atoms with Crippen LogP contribution in [0.4, 0.5) is 5.69 Å². The van der Waals surface area contributed by atoms with Crippen LogP contribution in [0.5, 0.6) is 11.5 Å². The lowest BCUT2D eigenvalue weighted by Gasteiger charge is -2.08. The number of nitrogens with one attached hydrogen (secondary N) is 1. The van der Waals surface area contributed by atoms with Gasteiger partial charge < -0.3 is 10.1 Å². The van der Waals surface area contributed by atoms with Gasteiger partial charge in [-0.1, -0.05) is 30.8 Å². The molecule has 0 bridgehead atoms. The van der Waals surface area contributed by atoms with Crippen LogP contribution in [0.1, 0.15) is 0 Å². The summed E-state index contributed by atoms with van der Waals surface area (Å²) in [4.78, 5) is 29.6. The van der Waals surface area contributed by atoms with Gasteiger partial charge in [0.2, 0.25) is 5.91 Å². The van der Waals surface area contributed by atoms with Crippen LogP contribution in [0.2, 0.25) is 0 Å². The molecule has 2 heterocycles. The normalized spacial score (nSPS) is 10.7. The van der Waals surface area contributed by atoms with Crippen LogP contribution in [0.3, 0.4) is 0 Å². The highest BCUT2D eigenvalue weighted by atomic mass is 16.5. The molecule has 0 saturated carbocycles. The lowest BCUT2D eigenvalue weighted by atomic mass is 10.2. The van der Waals surface area contributed by atoms with E-state index in [0.29, 0.717) is 33.8 Å². The molecule has 0 saturated heterocycles. The number of hydrogen-bond acceptors (Lipinski definition) is 4. The number of hydrogen-bond donors (Lipinski definition) is 1. The van der Waals surface area contributed by atoms with E-state index in [0.717, 1.165) is 5.75 Å². The predicted octanol–water partition coefficient (Wildman–Crippen LogP) is 5.09. The van der Waals surface area contributed by atoms with Crippen LogP contribution in [0.25, 0.3) is 22.4 Å².